The van der Waals surface area contributed by atoms with Crippen molar-refractivity contribution in [1.29, 1.82) is 0 Å². The van der Waals surface area contributed by atoms with E-state index in [1.165, 1.54) is 19.3 Å². The first-order valence-corrected chi connectivity index (χ1v) is 8.92. The zero-order valence-electron chi connectivity index (χ0n) is 14.8. The number of ether oxygens (including phenoxy) is 1. The van der Waals surface area contributed by atoms with Gasteiger partial charge in [-0.25, -0.2) is 15.0 Å². The normalized spacial score (nSPS) is 22.9. The summed E-state index contributed by atoms with van der Waals surface area (Å²) in [7, 11) is 0. The predicted octanol–water partition coefficient (Wildman–Crippen LogP) is 2.40. The molecule has 1 saturated heterocycles. The Kier molecular flexibility index (Phi) is 5.51. The Morgan fingerprint density at radius 2 is 2.20 bits per heavy atom. The molecule has 0 amide bonds. The minimum Gasteiger partial charge on any atom is -0.388 e. The first kappa shape index (κ1) is 17.6. The van der Waals surface area contributed by atoms with Crippen LogP contribution in [0, 0.1) is 11.8 Å². The first-order valence-electron chi connectivity index (χ1n) is 8.92. The maximum Gasteiger partial charge on any atom is 0.208 e. The quantitative estimate of drug-likeness (QED) is 0.639. The molecule has 3 atom stereocenters. The predicted molar refractivity (Wildman–Crippen MR) is 95.6 cm³/mol. The number of hydrogen-bond acceptors (Lipinski definition) is 6. The van der Waals surface area contributed by atoms with Crippen LogP contribution in [0.4, 0.5) is 5.82 Å². The number of nitrogens with zero attached hydrogens (tertiary/aromatic N) is 4. The number of aromatic nitrogens is 4. The Morgan fingerprint density at radius 3 is 2.92 bits per heavy atom. The number of rotatable bonds is 5. The highest BCUT2D eigenvalue weighted by Gasteiger charge is 2.34. The van der Waals surface area contributed by atoms with E-state index in [0.717, 1.165) is 12.8 Å². The molecule has 3 rings (SSSR count). The van der Waals surface area contributed by atoms with Crippen molar-refractivity contribution in [3.8, 4) is 11.8 Å². The van der Waals surface area contributed by atoms with Crippen LogP contribution in [0.2, 0.25) is 0 Å². The molecule has 134 valence electrons. The molecule has 1 fully saturated rings. The van der Waals surface area contributed by atoms with E-state index in [1.54, 1.807) is 10.9 Å². The molecule has 2 aromatic rings. The maximum absolute atomic E-state index is 10.2. The van der Waals surface area contributed by atoms with Gasteiger partial charge in [0.15, 0.2) is 17.7 Å². The molecular formula is C18H25N5O2. The van der Waals surface area contributed by atoms with Crippen LogP contribution in [-0.4, -0.2) is 36.8 Å². The average molecular weight is 343 g/mol. The van der Waals surface area contributed by atoms with Gasteiger partial charge in [-0.3, -0.25) is 4.57 Å². The molecule has 0 unspecified atom stereocenters. The zero-order chi connectivity index (χ0) is 17.8. The second-order valence-electron chi connectivity index (χ2n) is 6.51. The number of hydrogen-bond donors (Lipinski definition) is 2. The molecule has 0 aliphatic carbocycles. The van der Waals surface area contributed by atoms with E-state index in [1.807, 2.05) is 6.92 Å². The SMILES string of the molecule is CCCCCCC#Cc1nc(N)c2ncn([C@H]3O[C@@H](C)C[C@@H]3O)c2n1. The van der Waals surface area contributed by atoms with Gasteiger partial charge >= 0.3 is 0 Å². The van der Waals surface area contributed by atoms with Crippen LogP contribution in [0.25, 0.3) is 11.2 Å². The Balaban J connectivity index is 1.82. The molecule has 25 heavy (non-hydrogen) atoms. The van der Waals surface area contributed by atoms with Crippen LogP contribution < -0.4 is 5.73 Å². The van der Waals surface area contributed by atoms with Crippen molar-refractivity contribution in [2.45, 2.75) is 70.8 Å². The number of aliphatic hydroxyl groups excluding tert-OH is 1. The highest BCUT2D eigenvalue weighted by molar-refractivity contribution is 5.82. The molecule has 0 saturated carbocycles. The van der Waals surface area contributed by atoms with Crippen LogP contribution >= 0.6 is 0 Å². The smallest absolute Gasteiger partial charge is 0.208 e. The third kappa shape index (κ3) is 3.91. The van der Waals surface area contributed by atoms with Gasteiger partial charge in [-0.2, -0.15) is 0 Å². The highest BCUT2D eigenvalue weighted by atomic mass is 16.5. The fourth-order valence-corrected chi connectivity index (χ4v) is 3.05. The van der Waals surface area contributed by atoms with Crippen molar-refractivity contribution in [3.63, 3.8) is 0 Å². The molecule has 1 aliphatic rings. The monoisotopic (exact) mass is 343 g/mol. The minimum atomic E-state index is -0.600. The average Bonchev–Trinajstić information content (AvgIpc) is 3.13. The molecule has 0 spiro atoms. The number of aliphatic hydroxyl groups is 1. The fourth-order valence-electron chi connectivity index (χ4n) is 3.05. The summed E-state index contributed by atoms with van der Waals surface area (Å²) >= 11 is 0. The summed E-state index contributed by atoms with van der Waals surface area (Å²) in [6.45, 7) is 4.12. The summed E-state index contributed by atoms with van der Waals surface area (Å²) in [5, 5.41) is 10.2. The van der Waals surface area contributed by atoms with Gasteiger partial charge in [0.1, 0.15) is 11.6 Å². The number of fused-ring (bicyclic) bond motifs is 1. The Labute approximate surface area is 147 Å². The largest absolute Gasteiger partial charge is 0.388 e. The van der Waals surface area contributed by atoms with E-state index < -0.39 is 12.3 Å². The lowest BCUT2D eigenvalue weighted by molar-refractivity contribution is -0.0297. The van der Waals surface area contributed by atoms with Crippen LogP contribution in [0.1, 0.15) is 64.4 Å². The Morgan fingerprint density at radius 1 is 1.36 bits per heavy atom. The van der Waals surface area contributed by atoms with E-state index in [2.05, 4.69) is 33.7 Å². The fraction of sp³-hybridized carbons (Fsp3) is 0.611. The van der Waals surface area contributed by atoms with Gasteiger partial charge in [-0.05, 0) is 19.3 Å². The number of anilines is 1. The summed E-state index contributed by atoms with van der Waals surface area (Å²) in [6.07, 6.45) is 6.58. The van der Waals surface area contributed by atoms with Crippen molar-refractivity contribution in [3.05, 3.63) is 12.2 Å². The van der Waals surface area contributed by atoms with Gasteiger partial charge in [-0.1, -0.05) is 32.1 Å². The summed E-state index contributed by atoms with van der Waals surface area (Å²) in [6, 6.07) is 0. The first-order chi connectivity index (χ1) is 12.1. The van der Waals surface area contributed by atoms with Crippen molar-refractivity contribution in [2.75, 3.05) is 5.73 Å². The van der Waals surface area contributed by atoms with Gasteiger partial charge < -0.3 is 15.6 Å². The summed E-state index contributed by atoms with van der Waals surface area (Å²) in [5.74, 6) is 6.76. The zero-order valence-corrected chi connectivity index (χ0v) is 14.8. The van der Waals surface area contributed by atoms with E-state index in [4.69, 9.17) is 10.5 Å². The van der Waals surface area contributed by atoms with Gasteiger partial charge in [0.25, 0.3) is 0 Å². The molecule has 1 aliphatic heterocycles. The van der Waals surface area contributed by atoms with Crippen LogP contribution in [0.15, 0.2) is 6.33 Å². The summed E-state index contributed by atoms with van der Waals surface area (Å²) in [4.78, 5) is 13.0. The van der Waals surface area contributed by atoms with Crippen LogP contribution in [-0.2, 0) is 4.74 Å². The third-order valence-corrected chi connectivity index (χ3v) is 4.35. The Hall–Kier alpha value is -2.17. The topological polar surface area (TPSA) is 99.1 Å². The van der Waals surface area contributed by atoms with Gasteiger partial charge in [-0.15, -0.1) is 0 Å². The van der Waals surface area contributed by atoms with E-state index in [0.29, 0.717) is 29.2 Å². The number of imidazole rings is 1. The second kappa shape index (κ2) is 7.81. The Bertz CT molecular complexity index is 792. The molecule has 0 radical (unpaired) electrons. The number of unbranched alkanes of at least 4 members (excludes halogenated alkanes) is 4. The van der Waals surface area contributed by atoms with Gasteiger partial charge in [0, 0.05) is 12.8 Å². The molecule has 0 bridgehead atoms. The van der Waals surface area contributed by atoms with Crippen molar-refractivity contribution in [2.24, 2.45) is 0 Å². The maximum atomic E-state index is 10.2. The van der Waals surface area contributed by atoms with E-state index in [9.17, 15) is 5.11 Å². The van der Waals surface area contributed by atoms with Gasteiger partial charge in [0.05, 0.1) is 12.4 Å². The van der Waals surface area contributed by atoms with Crippen molar-refractivity contribution < 1.29 is 9.84 Å². The molecule has 2 aromatic heterocycles. The van der Waals surface area contributed by atoms with Crippen LogP contribution in [0.5, 0.6) is 0 Å². The number of nitrogen functional groups attached to an aromatic ring is 1. The molecule has 7 nitrogen and oxygen atoms in total. The summed E-state index contributed by atoms with van der Waals surface area (Å²) in [5.41, 5.74) is 7.05. The second-order valence-corrected chi connectivity index (χ2v) is 6.51. The minimum absolute atomic E-state index is 0.0148. The molecule has 7 heteroatoms. The van der Waals surface area contributed by atoms with Gasteiger partial charge in [0.2, 0.25) is 5.82 Å². The lowest BCUT2D eigenvalue weighted by Gasteiger charge is -2.16. The summed E-state index contributed by atoms with van der Waals surface area (Å²) < 4.78 is 7.49. The van der Waals surface area contributed by atoms with Crippen molar-refractivity contribution >= 4 is 17.0 Å². The molecular weight excluding hydrogens is 318 g/mol. The number of nitrogens with two attached hydrogens (primary N) is 1. The van der Waals surface area contributed by atoms with Crippen molar-refractivity contribution in [1.82, 2.24) is 19.5 Å². The third-order valence-electron chi connectivity index (χ3n) is 4.35. The standard InChI is InChI=1S/C18H25N5O2/c1-3-4-5-6-7-8-9-14-21-16(19)15-17(22-14)23(11-20-15)18-13(24)10-12(2)25-18/h11-13,18,24H,3-7,10H2,1-2H3,(H2,19,21,22)/t12-,13-,18-/m0/s1. The highest BCUT2D eigenvalue weighted by Crippen LogP contribution is 2.31. The molecule has 0 aromatic carbocycles. The lowest BCUT2D eigenvalue weighted by Crippen LogP contribution is -2.19. The van der Waals surface area contributed by atoms with E-state index >= 15 is 0 Å². The lowest BCUT2D eigenvalue weighted by atomic mass is 10.2. The molecule has 3 N–H and O–H groups in total. The molecule has 3 heterocycles. The van der Waals surface area contributed by atoms with Crippen LogP contribution in [0.3, 0.4) is 0 Å². The van der Waals surface area contributed by atoms with E-state index in [-0.39, 0.29) is 6.10 Å².